The third-order valence-corrected chi connectivity index (χ3v) is 15.4. The van der Waals surface area contributed by atoms with Gasteiger partial charge in [0, 0.05) is 39.1 Å². The van der Waals surface area contributed by atoms with Crippen LogP contribution < -0.4 is 9.64 Å². The van der Waals surface area contributed by atoms with Crippen LogP contribution in [-0.2, 0) is 5.41 Å². The summed E-state index contributed by atoms with van der Waals surface area (Å²) in [5.41, 5.74) is 20.9. The molecular formula is C69H47NO. The third kappa shape index (κ3) is 6.42. The van der Waals surface area contributed by atoms with Crippen LogP contribution in [0.15, 0.2) is 267 Å². The van der Waals surface area contributed by atoms with E-state index in [2.05, 4.69) is 278 Å². The molecular weight excluding hydrogens is 859 g/mol. The summed E-state index contributed by atoms with van der Waals surface area (Å²) >= 11 is 0. The lowest BCUT2D eigenvalue weighted by atomic mass is 9.58. The number of hydrogen-bond donors (Lipinski definition) is 0. The number of fused-ring (bicyclic) bond motifs is 13. The molecule has 1 aliphatic heterocycles. The highest BCUT2D eigenvalue weighted by molar-refractivity contribution is 6.00. The summed E-state index contributed by atoms with van der Waals surface area (Å²) in [5, 5.41) is 2.33. The number of benzene rings is 11. The number of ether oxygens (including phenoxy) is 1. The minimum Gasteiger partial charge on any atom is -0.484 e. The number of rotatable bonds is 7. The summed E-state index contributed by atoms with van der Waals surface area (Å²) in [6, 6.07) is 95.8. The molecule has 0 amide bonds. The molecule has 11 aromatic carbocycles. The molecule has 3 unspecified atom stereocenters. The van der Waals surface area contributed by atoms with Crippen molar-refractivity contribution in [3.05, 3.63) is 295 Å². The molecule has 0 N–H and O–H groups in total. The molecule has 2 heteroatoms. The molecule has 0 saturated carbocycles. The highest BCUT2D eigenvalue weighted by Gasteiger charge is 2.57. The lowest BCUT2D eigenvalue weighted by molar-refractivity contribution is 0.105. The van der Waals surface area contributed by atoms with Gasteiger partial charge in [-0.05, 0) is 91.4 Å². The van der Waals surface area contributed by atoms with E-state index >= 15 is 0 Å². The predicted octanol–water partition coefficient (Wildman–Crippen LogP) is 18.1. The Morgan fingerprint density at radius 1 is 0.352 bits per heavy atom. The Balaban J connectivity index is 1.01. The van der Waals surface area contributed by atoms with Gasteiger partial charge in [0.1, 0.15) is 11.9 Å². The van der Waals surface area contributed by atoms with E-state index in [1.165, 1.54) is 55.5 Å². The first-order chi connectivity index (χ1) is 35.2. The second kappa shape index (κ2) is 16.6. The summed E-state index contributed by atoms with van der Waals surface area (Å²) < 4.78 is 7.37. The molecule has 11 aromatic rings. The van der Waals surface area contributed by atoms with Crippen LogP contribution in [0, 0.1) is 5.92 Å². The first-order valence-electron chi connectivity index (χ1n) is 24.7. The van der Waals surface area contributed by atoms with Crippen molar-refractivity contribution in [3.63, 3.8) is 0 Å². The largest absolute Gasteiger partial charge is 0.484 e. The third-order valence-electron chi connectivity index (χ3n) is 15.4. The quantitative estimate of drug-likeness (QED) is 0.158. The summed E-state index contributed by atoms with van der Waals surface area (Å²) in [5.74, 6) is 0.985. The van der Waals surface area contributed by atoms with E-state index in [0.29, 0.717) is 0 Å². The average Bonchev–Trinajstić information content (AvgIpc) is 3.75. The molecule has 0 fully saturated rings. The van der Waals surface area contributed by atoms with Crippen LogP contribution in [0.25, 0.3) is 72.5 Å². The van der Waals surface area contributed by atoms with Crippen molar-refractivity contribution in [2.24, 2.45) is 5.92 Å². The molecule has 3 aliphatic rings. The smallest absolute Gasteiger partial charge is 0.132 e. The normalized spacial score (nSPS) is 16.8. The summed E-state index contributed by atoms with van der Waals surface area (Å²) in [7, 11) is 0. The second-order valence-corrected chi connectivity index (χ2v) is 19.0. The van der Waals surface area contributed by atoms with E-state index in [1.54, 1.807) is 0 Å². The first-order valence-corrected chi connectivity index (χ1v) is 24.7. The maximum Gasteiger partial charge on any atom is 0.132 e. The SMILES string of the molecule is C1=CC2C(Oc3c(ccc4ccccc34)C23c2ccccc2-c2cc(-c4ccccc4N(c4ccccc4-c4ccccc4)c4ccc(-c5ccccc5)cc4-c4ccccc4)ccc23)c2ccccc21. The van der Waals surface area contributed by atoms with E-state index in [9.17, 15) is 0 Å². The monoisotopic (exact) mass is 905 g/mol. The fraction of sp³-hybridized carbons (Fsp3) is 0.0435. The molecule has 0 aromatic heterocycles. The van der Waals surface area contributed by atoms with Crippen molar-refractivity contribution >= 4 is 33.9 Å². The van der Waals surface area contributed by atoms with Crippen LogP contribution in [-0.4, -0.2) is 0 Å². The zero-order chi connectivity index (χ0) is 46.9. The zero-order valence-electron chi connectivity index (χ0n) is 39.0. The fourth-order valence-electron chi connectivity index (χ4n) is 12.3. The van der Waals surface area contributed by atoms with Crippen molar-refractivity contribution < 1.29 is 4.74 Å². The summed E-state index contributed by atoms with van der Waals surface area (Å²) in [4.78, 5) is 2.51. The number of nitrogens with zero attached hydrogens (tertiary/aromatic N) is 1. The molecule has 334 valence electrons. The van der Waals surface area contributed by atoms with Gasteiger partial charge in [0.2, 0.25) is 0 Å². The Labute approximate surface area is 415 Å². The zero-order valence-corrected chi connectivity index (χ0v) is 39.0. The van der Waals surface area contributed by atoms with Crippen LogP contribution >= 0.6 is 0 Å². The van der Waals surface area contributed by atoms with Crippen molar-refractivity contribution in [2.75, 3.05) is 4.90 Å². The van der Waals surface area contributed by atoms with Gasteiger partial charge in [-0.3, -0.25) is 0 Å². The van der Waals surface area contributed by atoms with E-state index < -0.39 is 5.41 Å². The summed E-state index contributed by atoms with van der Waals surface area (Å²) in [6.07, 6.45) is 4.59. The van der Waals surface area contributed by atoms with Crippen LogP contribution in [0.1, 0.15) is 33.9 Å². The standard InChI is InChI=1S/C69H47NO/c1-4-20-46(21-5-1)51-39-43-66(58(44-51)48-24-8-3-9-25-48)70(64-34-18-15-28-53(64)47-22-6-2-7-23-47)65-35-19-16-29-54(65)52-38-40-61-59(45-52)57-32-14-17-33-60(57)69(61)62-41-36-49-26-10-12-30-55(49)67(62)71-68-56-31-13-11-27-50(56)37-42-63(68)69/h1-45,62,67H. The molecule has 1 spiro atoms. The number of para-hydroxylation sites is 2. The van der Waals surface area contributed by atoms with Crippen molar-refractivity contribution in [1.82, 2.24) is 0 Å². The molecule has 0 bridgehead atoms. The van der Waals surface area contributed by atoms with Crippen LogP contribution in [0.4, 0.5) is 17.1 Å². The van der Waals surface area contributed by atoms with Gasteiger partial charge in [-0.15, -0.1) is 0 Å². The van der Waals surface area contributed by atoms with Gasteiger partial charge in [0.25, 0.3) is 0 Å². The summed E-state index contributed by atoms with van der Waals surface area (Å²) in [6.45, 7) is 0. The molecule has 0 radical (unpaired) electrons. The molecule has 0 saturated heterocycles. The Hall–Kier alpha value is -8.98. The van der Waals surface area contributed by atoms with Crippen LogP contribution in [0.5, 0.6) is 5.75 Å². The van der Waals surface area contributed by atoms with E-state index in [-0.39, 0.29) is 12.0 Å². The minimum atomic E-state index is -0.512. The van der Waals surface area contributed by atoms with Gasteiger partial charge in [0.05, 0.1) is 22.5 Å². The van der Waals surface area contributed by atoms with E-state index in [4.69, 9.17) is 4.74 Å². The lowest BCUT2D eigenvalue weighted by Crippen LogP contribution is -2.45. The molecule has 2 nitrogen and oxygen atoms in total. The molecule has 3 atom stereocenters. The molecule has 71 heavy (non-hydrogen) atoms. The van der Waals surface area contributed by atoms with Gasteiger partial charge in [0.15, 0.2) is 0 Å². The van der Waals surface area contributed by atoms with E-state index in [1.807, 2.05) is 0 Å². The van der Waals surface area contributed by atoms with Gasteiger partial charge >= 0.3 is 0 Å². The van der Waals surface area contributed by atoms with Crippen molar-refractivity contribution in [1.29, 1.82) is 0 Å². The van der Waals surface area contributed by atoms with Crippen LogP contribution in [0.3, 0.4) is 0 Å². The Bertz CT molecular complexity index is 3870. The molecule has 14 rings (SSSR count). The maximum atomic E-state index is 7.37. The topological polar surface area (TPSA) is 12.5 Å². The van der Waals surface area contributed by atoms with Gasteiger partial charge < -0.3 is 9.64 Å². The number of anilines is 3. The Morgan fingerprint density at radius 2 is 0.887 bits per heavy atom. The highest BCUT2D eigenvalue weighted by atomic mass is 16.5. The maximum absolute atomic E-state index is 7.37. The van der Waals surface area contributed by atoms with E-state index in [0.717, 1.165) is 61.6 Å². The average molecular weight is 906 g/mol. The first kappa shape index (κ1) is 41.0. The van der Waals surface area contributed by atoms with Gasteiger partial charge in [-0.25, -0.2) is 0 Å². The fourth-order valence-corrected chi connectivity index (χ4v) is 12.3. The lowest BCUT2D eigenvalue weighted by Gasteiger charge is -2.49. The number of hydrogen-bond acceptors (Lipinski definition) is 2. The second-order valence-electron chi connectivity index (χ2n) is 19.0. The Morgan fingerprint density at radius 3 is 1.65 bits per heavy atom. The minimum absolute atomic E-state index is 0.00634. The van der Waals surface area contributed by atoms with Gasteiger partial charge in [-0.2, -0.15) is 0 Å². The van der Waals surface area contributed by atoms with Crippen LogP contribution in [0.2, 0.25) is 0 Å². The predicted molar refractivity (Wildman–Crippen MR) is 294 cm³/mol. The van der Waals surface area contributed by atoms with Crippen molar-refractivity contribution in [2.45, 2.75) is 11.5 Å². The Kier molecular flexibility index (Phi) is 9.60. The molecule has 1 heterocycles. The highest BCUT2D eigenvalue weighted by Crippen LogP contribution is 2.66. The molecule has 2 aliphatic carbocycles. The van der Waals surface area contributed by atoms with Crippen molar-refractivity contribution in [3.8, 4) is 61.4 Å². The van der Waals surface area contributed by atoms with Gasteiger partial charge in [-0.1, -0.05) is 243 Å².